The summed E-state index contributed by atoms with van der Waals surface area (Å²) in [4.78, 5) is 48.2. The van der Waals surface area contributed by atoms with E-state index in [2.05, 4.69) is 10.6 Å². The van der Waals surface area contributed by atoms with Gasteiger partial charge in [-0.1, -0.05) is 13.8 Å². The zero-order chi connectivity index (χ0) is 23.6. The lowest BCUT2D eigenvalue weighted by molar-refractivity contribution is -0.142. The number of rotatable bonds is 8. The highest BCUT2D eigenvalue weighted by atomic mass is 16.4. The van der Waals surface area contributed by atoms with Crippen molar-refractivity contribution in [2.45, 2.75) is 46.6 Å². The van der Waals surface area contributed by atoms with Crippen LogP contribution in [0.2, 0.25) is 0 Å². The van der Waals surface area contributed by atoms with Crippen LogP contribution in [0.15, 0.2) is 32.0 Å². The molecule has 3 aromatic rings. The summed E-state index contributed by atoms with van der Waals surface area (Å²) in [5, 5.41) is 15.6. The average molecular weight is 442 g/mol. The Balaban J connectivity index is 1.72. The van der Waals surface area contributed by atoms with Gasteiger partial charge in [0, 0.05) is 16.8 Å². The van der Waals surface area contributed by atoms with Gasteiger partial charge in [0.15, 0.2) is 0 Å². The second-order valence-corrected chi connectivity index (χ2v) is 8.30. The predicted molar refractivity (Wildman–Crippen MR) is 117 cm³/mol. The zero-order valence-corrected chi connectivity index (χ0v) is 18.4. The fourth-order valence-corrected chi connectivity index (χ4v) is 3.58. The van der Waals surface area contributed by atoms with Gasteiger partial charge in [-0.05, 0) is 43.4 Å². The van der Waals surface area contributed by atoms with Crippen molar-refractivity contribution >= 4 is 39.7 Å². The van der Waals surface area contributed by atoms with Crippen LogP contribution in [0.1, 0.15) is 37.0 Å². The number of nitrogens with one attached hydrogen (secondary N) is 2. The summed E-state index contributed by atoms with van der Waals surface area (Å²) in [6.07, 6.45) is 1.62. The Labute approximate surface area is 183 Å². The summed E-state index contributed by atoms with van der Waals surface area (Å²) in [6, 6.07) is 2.48. The first-order chi connectivity index (χ1) is 15.1. The van der Waals surface area contributed by atoms with E-state index >= 15 is 0 Å². The monoisotopic (exact) mass is 442 g/mol. The maximum absolute atomic E-state index is 12.5. The van der Waals surface area contributed by atoms with Crippen LogP contribution in [0.3, 0.4) is 0 Å². The number of carboxylic acids is 1. The molecule has 170 valence electrons. The normalized spacial score (nSPS) is 12.3. The molecule has 32 heavy (non-hydrogen) atoms. The summed E-state index contributed by atoms with van der Waals surface area (Å²) in [5.41, 5.74) is 2.07. The number of carboxylic acid groups (broad SMARTS) is 1. The molecule has 0 aliphatic heterocycles. The minimum absolute atomic E-state index is 0.0770. The van der Waals surface area contributed by atoms with Gasteiger partial charge >= 0.3 is 11.6 Å². The van der Waals surface area contributed by atoms with E-state index in [1.54, 1.807) is 19.3 Å². The lowest BCUT2D eigenvalue weighted by atomic mass is 10.0. The third kappa shape index (κ3) is 4.99. The van der Waals surface area contributed by atoms with E-state index in [0.717, 1.165) is 10.9 Å². The SMILES string of the molecule is Cc1coc2cc3oc(=O)c(CC(=O)NCC(=O)N[C@@H](CC(C)C)C(=O)O)c(C)c3cc12. The molecule has 0 unspecified atom stereocenters. The summed E-state index contributed by atoms with van der Waals surface area (Å²) in [6.45, 7) is 6.94. The van der Waals surface area contributed by atoms with Crippen LogP contribution in [0.25, 0.3) is 21.9 Å². The van der Waals surface area contributed by atoms with Crippen molar-refractivity contribution in [3.05, 3.63) is 45.5 Å². The Morgan fingerprint density at radius 2 is 1.78 bits per heavy atom. The Morgan fingerprint density at radius 1 is 1.06 bits per heavy atom. The summed E-state index contributed by atoms with van der Waals surface area (Å²) in [7, 11) is 0. The van der Waals surface area contributed by atoms with Gasteiger partial charge in [-0.3, -0.25) is 9.59 Å². The fourth-order valence-electron chi connectivity index (χ4n) is 3.58. The fraction of sp³-hybridized carbons (Fsp3) is 0.391. The van der Waals surface area contributed by atoms with E-state index in [-0.39, 0.29) is 24.3 Å². The van der Waals surface area contributed by atoms with E-state index < -0.39 is 36.0 Å². The molecule has 1 atom stereocenters. The molecule has 9 nitrogen and oxygen atoms in total. The smallest absolute Gasteiger partial charge is 0.340 e. The van der Waals surface area contributed by atoms with Crippen molar-refractivity contribution in [1.82, 2.24) is 10.6 Å². The second-order valence-electron chi connectivity index (χ2n) is 8.30. The molecule has 0 radical (unpaired) electrons. The third-order valence-corrected chi connectivity index (χ3v) is 5.30. The first-order valence-corrected chi connectivity index (χ1v) is 10.3. The van der Waals surface area contributed by atoms with E-state index in [1.165, 1.54) is 0 Å². The first-order valence-electron chi connectivity index (χ1n) is 10.3. The molecular formula is C23H26N2O7. The molecule has 2 heterocycles. The highest BCUT2D eigenvalue weighted by Crippen LogP contribution is 2.28. The van der Waals surface area contributed by atoms with Crippen LogP contribution < -0.4 is 16.3 Å². The maximum atomic E-state index is 12.5. The minimum Gasteiger partial charge on any atom is -0.480 e. The highest BCUT2D eigenvalue weighted by Gasteiger charge is 2.22. The van der Waals surface area contributed by atoms with Crippen LogP contribution in [-0.2, 0) is 20.8 Å². The van der Waals surface area contributed by atoms with Gasteiger partial charge in [0.05, 0.1) is 24.8 Å². The molecule has 3 N–H and O–H groups in total. The molecule has 9 heteroatoms. The molecular weight excluding hydrogens is 416 g/mol. The summed E-state index contributed by atoms with van der Waals surface area (Å²) < 4.78 is 10.8. The van der Waals surface area contributed by atoms with Gasteiger partial charge in [-0.2, -0.15) is 0 Å². The quantitative estimate of drug-likeness (QED) is 0.455. The van der Waals surface area contributed by atoms with Gasteiger partial charge in [0.25, 0.3) is 0 Å². The number of carbonyl (C=O) groups excluding carboxylic acids is 2. The van der Waals surface area contributed by atoms with Crippen LogP contribution in [0.5, 0.6) is 0 Å². The molecule has 2 aromatic heterocycles. The molecule has 2 amide bonds. The van der Waals surface area contributed by atoms with Crippen molar-refractivity contribution in [2.75, 3.05) is 6.54 Å². The third-order valence-electron chi connectivity index (χ3n) is 5.30. The maximum Gasteiger partial charge on any atom is 0.340 e. The lowest BCUT2D eigenvalue weighted by Crippen LogP contribution is -2.46. The highest BCUT2D eigenvalue weighted by molar-refractivity contribution is 5.97. The average Bonchev–Trinajstić information content (AvgIpc) is 3.07. The molecule has 0 saturated carbocycles. The number of fused-ring (bicyclic) bond motifs is 2. The Hall–Kier alpha value is -3.62. The Bertz CT molecular complexity index is 1250. The predicted octanol–water partition coefficient (Wildman–Crippen LogP) is 2.43. The van der Waals surface area contributed by atoms with Crippen LogP contribution in [-0.4, -0.2) is 35.5 Å². The van der Waals surface area contributed by atoms with Gasteiger partial charge < -0.3 is 24.6 Å². The van der Waals surface area contributed by atoms with E-state index in [9.17, 15) is 24.3 Å². The van der Waals surface area contributed by atoms with E-state index in [0.29, 0.717) is 22.1 Å². The molecule has 0 spiro atoms. The molecule has 0 aliphatic rings. The number of hydrogen-bond donors (Lipinski definition) is 3. The molecule has 1 aromatic carbocycles. The summed E-state index contributed by atoms with van der Waals surface area (Å²) >= 11 is 0. The number of furan rings is 1. The number of aliphatic carboxylic acids is 1. The molecule has 0 fully saturated rings. The van der Waals surface area contributed by atoms with Crippen molar-refractivity contribution in [1.29, 1.82) is 0 Å². The van der Waals surface area contributed by atoms with Crippen LogP contribution >= 0.6 is 0 Å². The molecule has 0 aliphatic carbocycles. The number of amides is 2. The lowest BCUT2D eigenvalue weighted by Gasteiger charge is -2.16. The Kier molecular flexibility index (Phi) is 6.67. The number of hydrogen-bond acceptors (Lipinski definition) is 6. The molecule has 0 saturated heterocycles. The topological polar surface area (TPSA) is 139 Å². The van der Waals surface area contributed by atoms with Crippen molar-refractivity contribution < 1.29 is 28.3 Å². The van der Waals surface area contributed by atoms with Gasteiger partial charge in [-0.25, -0.2) is 9.59 Å². The second kappa shape index (κ2) is 9.25. The molecule has 0 bridgehead atoms. The standard InChI is InChI=1S/C23H26N2O7/c1-11(2)5-17(22(28)29)25-21(27)9-24-20(26)7-16-13(4)15-6-14-12(3)10-31-18(14)8-19(15)32-23(16)30/h6,8,10-11,17H,5,7,9H2,1-4H3,(H,24,26)(H,25,27)(H,28,29)/t17-/m0/s1. The summed E-state index contributed by atoms with van der Waals surface area (Å²) in [5.74, 6) is -2.23. The number of aryl methyl sites for hydroxylation is 2. The Morgan fingerprint density at radius 3 is 2.44 bits per heavy atom. The minimum atomic E-state index is -1.13. The van der Waals surface area contributed by atoms with E-state index in [1.807, 2.05) is 26.8 Å². The van der Waals surface area contributed by atoms with Crippen molar-refractivity contribution in [3.63, 3.8) is 0 Å². The zero-order valence-electron chi connectivity index (χ0n) is 18.4. The number of benzene rings is 1. The van der Waals surface area contributed by atoms with Crippen molar-refractivity contribution in [3.8, 4) is 0 Å². The molecule has 3 rings (SSSR count). The van der Waals surface area contributed by atoms with Crippen molar-refractivity contribution in [2.24, 2.45) is 5.92 Å². The van der Waals surface area contributed by atoms with Gasteiger partial charge in [0.1, 0.15) is 17.2 Å². The van der Waals surface area contributed by atoms with Gasteiger partial charge in [0.2, 0.25) is 11.8 Å². The van der Waals surface area contributed by atoms with Crippen LogP contribution in [0.4, 0.5) is 0 Å². The number of carbonyl (C=O) groups is 3. The van der Waals surface area contributed by atoms with Gasteiger partial charge in [-0.15, -0.1) is 0 Å². The van der Waals surface area contributed by atoms with Crippen LogP contribution in [0, 0.1) is 19.8 Å². The van der Waals surface area contributed by atoms with E-state index in [4.69, 9.17) is 8.83 Å². The first kappa shape index (κ1) is 23.1. The largest absolute Gasteiger partial charge is 0.480 e.